The predicted molar refractivity (Wildman–Crippen MR) is 118 cm³/mol. The van der Waals surface area contributed by atoms with Crippen LogP contribution in [0.1, 0.15) is 48.9 Å². The molecule has 0 radical (unpaired) electrons. The molecule has 1 amide bonds. The van der Waals surface area contributed by atoms with Crippen LogP contribution in [0.5, 0.6) is 0 Å². The van der Waals surface area contributed by atoms with E-state index in [1.165, 1.54) is 32.2 Å². The number of carbonyl (C=O) groups is 1. The molecule has 1 saturated heterocycles. The zero-order valence-corrected chi connectivity index (χ0v) is 16.9. The largest absolute Gasteiger partial charge is 0.349 e. The molecule has 2 aromatic carbocycles. The summed E-state index contributed by atoms with van der Waals surface area (Å²) in [5.41, 5.74) is 1.48. The van der Waals surface area contributed by atoms with E-state index in [0.717, 1.165) is 53.5 Å². The molecule has 2 aliphatic rings. The smallest absolute Gasteiger partial charge is 0.253 e. The number of piperidine rings is 1. The number of benzene rings is 2. The Bertz CT molecular complexity index is 1020. The molecule has 4 nitrogen and oxygen atoms in total. The van der Waals surface area contributed by atoms with Crippen LogP contribution in [0.4, 0.5) is 0 Å². The molecular weight excluding hydrogens is 358 g/mol. The maximum Gasteiger partial charge on any atom is 0.253 e. The summed E-state index contributed by atoms with van der Waals surface area (Å²) in [5.74, 6) is 0.907. The van der Waals surface area contributed by atoms with Crippen molar-refractivity contribution >= 4 is 27.6 Å². The highest BCUT2D eigenvalue weighted by Gasteiger charge is 2.25. The molecular formula is C25H29N3O. The van der Waals surface area contributed by atoms with Gasteiger partial charge in [0.1, 0.15) is 0 Å². The number of pyridine rings is 1. The summed E-state index contributed by atoms with van der Waals surface area (Å²) in [6.45, 7) is 3.44. The number of hydrogen-bond acceptors (Lipinski definition) is 3. The van der Waals surface area contributed by atoms with Crippen molar-refractivity contribution in [3.8, 4) is 0 Å². The summed E-state index contributed by atoms with van der Waals surface area (Å²) in [7, 11) is 0. The average molecular weight is 388 g/mol. The molecule has 150 valence electrons. The molecule has 1 aromatic heterocycles. The van der Waals surface area contributed by atoms with Gasteiger partial charge in [-0.15, -0.1) is 0 Å². The van der Waals surface area contributed by atoms with Crippen molar-refractivity contribution < 1.29 is 4.79 Å². The van der Waals surface area contributed by atoms with Gasteiger partial charge in [0.15, 0.2) is 0 Å². The number of nitrogens with one attached hydrogen (secondary N) is 1. The van der Waals surface area contributed by atoms with Gasteiger partial charge in [-0.1, -0.05) is 43.2 Å². The van der Waals surface area contributed by atoms with E-state index < -0.39 is 0 Å². The monoisotopic (exact) mass is 387 g/mol. The number of rotatable bonds is 4. The summed E-state index contributed by atoms with van der Waals surface area (Å²) < 4.78 is 0. The summed E-state index contributed by atoms with van der Waals surface area (Å²) in [6, 6.07) is 14.5. The summed E-state index contributed by atoms with van der Waals surface area (Å²) >= 11 is 0. The Morgan fingerprint density at radius 3 is 2.59 bits per heavy atom. The van der Waals surface area contributed by atoms with Crippen LogP contribution in [0.15, 0.2) is 48.7 Å². The fourth-order valence-electron chi connectivity index (χ4n) is 5.18. The molecule has 2 fully saturated rings. The maximum atomic E-state index is 13.2. The topological polar surface area (TPSA) is 45.2 Å². The number of fused-ring (bicyclic) bond motifs is 3. The van der Waals surface area contributed by atoms with Crippen LogP contribution in [0, 0.1) is 5.92 Å². The Balaban J connectivity index is 1.30. The van der Waals surface area contributed by atoms with Crippen LogP contribution in [0.3, 0.4) is 0 Å². The fraction of sp³-hybridized carbons (Fsp3) is 0.440. The SMILES string of the molecule is O=C(NC1CCN(CC2CCCC2)CC1)c1cc2ccccc2c2cccnc12. The van der Waals surface area contributed by atoms with Gasteiger partial charge in [0.2, 0.25) is 0 Å². The Kier molecular flexibility index (Phi) is 5.19. The van der Waals surface area contributed by atoms with E-state index in [9.17, 15) is 4.79 Å². The molecule has 1 aliphatic carbocycles. The van der Waals surface area contributed by atoms with Crippen molar-refractivity contribution in [1.29, 1.82) is 0 Å². The average Bonchev–Trinajstić information content (AvgIpc) is 3.27. The van der Waals surface area contributed by atoms with Crippen LogP contribution in [-0.2, 0) is 0 Å². The van der Waals surface area contributed by atoms with E-state index >= 15 is 0 Å². The first kappa shape index (κ1) is 18.6. The molecule has 1 saturated carbocycles. The van der Waals surface area contributed by atoms with Gasteiger partial charge < -0.3 is 10.2 Å². The number of nitrogens with zero attached hydrogens (tertiary/aromatic N) is 2. The van der Waals surface area contributed by atoms with Crippen molar-refractivity contribution in [1.82, 2.24) is 15.2 Å². The number of likely N-dealkylation sites (tertiary alicyclic amines) is 1. The Morgan fingerprint density at radius 2 is 1.76 bits per heavy atom. The molecule has 5 rings (SSSR count). The second kappa shape index (κ2) is 8.11. The highest BCUT2D eigenvalue weighted by Crippen LogP contribution is 2.28. The third-order valence-electron chi connectivity index (χ3n) is 6.77. The summed E-state index contributed by atoms with van der Waals surface area (Å²) in [5, 5.41) is 6.58. The van der Waals surface area contributed by atoms with E-state index in [2.05, 4.69) is 33.4 Å². The number of hydrogen-bond donors (Lipinski definition) is 1. The van der Waals surface area contributed by atoms with Crippen molar-refractivity contribution in [2.45, 2.75) is 44.6 Å². The molecule has 1 N–H and O–H groups in total. The van der Waals surface area contributed by atoms with E-state index in [1.807, 2.05) is 24.3 Å². The van der Waals surface area contributed by atoms with E-state index in [0.29, 0.717) is 5.56 Å². The lowest BCUT2D eigenvalue weighted by atomic mass is 9.99. The zero-order valence-electron chi connectivity index (χ0n) is 16.9. The first-order valence-electron chi connectivity index (χ1n) is 11.1. The van der Waals surface area contributed by atoms with Crippen LogP contribution >= 0.6 is 0 Å². The third-order valence-corrected chi connectivity index (χ3v) is 6.77. The molecule has 0 spiro atoms. The van der Waals surface area contributed by atoms with Crippen molar-refractivity contribution in [3.05, 3.63) is 54.2 Å². The number of amides is 1. The number of aromatic nitrogens is 1. The highest BCUT2D eigenvalue weighted by molar-refractivity contribution is 6.15. The third kappa shape index (κ3) is 3.86. The quantitative estimate of drug-likeness (QED) is 0.656. The second-order valence-corrected chi connectivity index (χ2v) is 8.74. The van der Waals surface area contributed by atoms with Crippen LogP contribution in [0.2, 0.25) is 0 Å². The van der Waals surface area contributed by atoms with Gasteiger partial charge in [-0.3, -0.25) is 9.78 Å². The van der Waals surface area contributed by atoms with Gasteiger partial charge in [-0.25, -0.2) is 0 Å². The van der Waals surface area contributed by atoms with E-state index in [4.69, 9.17) is 0 Å². The van der Waals surface area contributed by atoms with Gasteiger partial charge in [0.05, 0.1) is 11.1 Å². The normalized spacial score (nSPS) is 19.2. The lowest BCUT2D eigenvalue weighted by molar-refractivity contribution is 0.0907. The lowest BCUT2D eigenvalue weighted by Gasteiger charge is -2.33. The van der Waals surface area contributed by atoms with E-state index in [1.54, 1.807) is 6.20 Å². The minimum absolute atomic E-state index is 0.00805. The zero-order chi connectivity index (χ0) is 19.6. The van der Waals surface area contributed by atoms with Crippen LogP contribution < -0.4 is 5.32 Å². The Morgan fingerprint density at radius 1 is 1.00 bits per heavy atom. The van der Waals surface area contributed by atoms with Gasteiger partial charge >= 0.3 is 0 Å². The van der Waals surface area contributed by atoms with Gasteiger partial charge in [-0.05, 0) is 54.5 Å². The van der Waals surface area contributed by atoms with Crippen molar-refractivity contribution in [3.63, 3.8) is 0 Å². The van der Waals surface area contributed by atoms with Crippen molar-refractivity contribution in [2.24, 2.45) is 5.92 Å². The molecule has 0 atom stereocenters. The molecule has 29 heavy (non-hydrogen) atoms. The minimum atomic E-state index is 0.00805. The van der Waals surface area contributed by atoms with Crippen LogP contribution in [-0.4, -0.2) is 41.5 Å². The molecule has 1 aliphatic heterocycles. The Hall–Kier alpha value is -2.46. The minimum Gasteiger partial charge on any atom is -0.349 e. The van der Waals surface area contributed by atoms with Crippen molar-refractivity contribution in [2.75, 3.05) is 19.6 Å². The summed E-state index contributed by atoms with van der Waals surface area (Å²) in [4.78, 5) is 20.3. The highest BCUT2D eigenvalue weighted by atomic mass is 16.1. The fourth-order valence-corrected chi connectivity index (χ4v) is 5.18. The lowest BCUT2D eigenvalue weighted by Crippen LogP contribution is -2.45. The number of carbonyl (C=O) groups excluding carboxylic acids is 1. The molecule has 4 heteroatoms. The standard InChI is InChI=1S/C25H29N3O/c29-25(27-20-11-14-28(15-12-20)17-18-6-1-2-7-18)23-16-19-8-3-4-9-21(19)22-10-5-13-26-24(22)23/h3-5,8-10,13,16,18,20H,1-2,6-7,11-12,14-15,17H2,(H,27,29). The van der Waals surface area contributed by atoms with Gasteiger partial charge in [0.25, 0.3) is 5.91 Å². The Labute approximate surface area is 172 Å². The molecule has 0 bridgehead atoms. The van der Waals surface area contributed by atoms with Crippen LogP contribution in [0.25, 0.3) is 21.7 Å². The maximum absolute atomic E-state index is 13.2. The first-order valence-corrected chi connectivity index (χ1v) is 11.1. The van der Waals surface area contributed by atoms with Gasteiger partial charge in [-0.2, -0.15) is 0 Å². The van der Waals surface area contributed by atoms with E-state index in [-0.39, 0.29) is 11.9 Å². The molecule has 2 heterocycles. The summed E-state index contributed by atoms with van der Waals surface area (Å²) in [6.07, 6.45) is 9.47. The molecule has 0 unspecified atom stereocenters. The second-order valence-electron chi connectivity index (χ2n) is 8.74. The first-order chi connectivity index (χ1) is 14.3. The van der Waals surface area contributed by atoms with Gasteiger partial charge in [0, 0.05) is 37.3 Å². The predicted octanol–water partition coefficient (Wildman–Crippen LogP) is 4.77. The molecule has 3 aromatic rings.